The Kier molecular flexibility index (Phi) is 4.21. The first-order valence-corrected chi connectivity index (χ1v) is 6.48. The van der Waals surface area contributed by atoms with E-state index in [4.69, 9.17) is 4.74 Å². The van der Waals surface area contributed by atoms with Crippen LogP contribution in [0.1, 0.15) is 13.3 Å². The fraction of sp³-hybridized carbons (Fsp3) is 0.538. The summed E-state index contributed by atoms with van der Waals surface area (Å²) in [5.41, 5.74) is 0.973. The molecule has 1 aliphatic rings. The van der Waals surface area contributed by atoms with Crippen LogP contribution in [0.5, 0.6) is 5.75 Å². The molecule has 0 saturated carbocycles. The van der Waals surface area contributed by atoms with Crippen LogP contribution in [0, 0.1) is 10.1 Å². The average molecular weight is 265 g/mol. The molecule has 1 aliphatic heterocycles. The molecule has 0 aromatic heterocycles. The third-order valence-corrected chi connectivity index (χ3v) is 3.32. The molecule has 104 valence electrons. The first kappa shape index (κ1) is 13.6. The van der Waals surface area contributed by atoms with Gasteiger partial charge in [-0.05, 0) is 12.5 Å². The Labute approximate surface area is 112 Å². The highest BCUT2D eigenvalue weighted by Crippen LogP contribution is 2.32. The lowest BCUT2D eigenvalue weighted by atomic mass is 10.1. The molecule has 0 radical (unpaired) electrons. The normalized spacial score (nSPS) is 14.8. The van der Waals surface area contributed by atoms with Gasteiger partial charge in [0, 0.05) is 38.0 Å². The van der Waals surface area contributed by atoms with Gasteiger partial charge in [0.15, 0.2) is 5.75 Å². The van der Waals surface area contributed by atoms with E-state index in [1.165, 1.54) is 6.07 Å². The number of anilines is 1. The van der Waals surface area contributed by atoms with E-state index in [9.17, 15) is 10.1 Å². The molecule has 6 nitrogen and oxygen atoms in total. The lowest BCUT2D eigenvalue weighted by molar-refractivity contribution is -0.385. The molecule has 6 heteroatoms. The van der Waals surface area contributed by atoms with Gasteiger partial charge in [-0.15, -0.1) is 0 Å². The molecule has 1 aromatic rings. The number of nitrogens with zero attached hydrogens (tertiary/aromatic N) is 2. The van der Waals surface area contributed by atoms with E-state index >= 15 is 0 Å². The van der Waals surface area contributed by atoms with Crippen LogP contribution in [0.15, 0.2) is 18.2 Å². The minimum atomic E-state index is -0.403. The van der Waals surface area contributed by atoms with Gasteiger partial charge in [0.05, 0.1) is 17.6 Å². The predicted octanol–water partition coefficient (Wildman–Crippen LogP) is 1.79. The van der Waals surface area contributed by atoms with Crippen LogP contribution in [0.3, 0.4) is 0 Å². The number of nitro groups is 1. The second kappa shape index (κ2) is 5.88. The van der Waals surface area contributed by atoms with Crippen LogP contribution >= 0.6 is 0 Å². The molecule has 0 atom stereocenters. The highest BCUT2D eigenvalue weighted by atomic mass is 16.6. The molecule has 1 saturated heterocycles. The number of ether oxygens (including phenoxy) is 1. The Morgan fingerprint density at radius 1 is 1.53 bits per heavy atom. The van der Waals surface area contributed by atoms with Crippen molar-refractivity contribution in [3.05, 3.63) is 28.3 Å². The topological polar surface area (TPSA) is 67.6 Å². The van der Waals surface area contributed by atoms with Gasteiger partial charge in [0.1, 0.15) is 0 Å². The summed E-state index contributed by atoms with van der Waals surface area (Å²) < 4.78 is 5.49. The lowest BCUT2D eigenvalue weighted by Crippen LogP contribution is -2.56. The van der Waals surface area contributed by atoms with Gasteiger partial charge in [0.25, 0.3) is 0 Å². The number of nitro benzene ring substituents is 1. The smallest absolute Gasteiger partial charge is 0.311 e. The number of hydrogen-bond acceptors (Lipinski definition) is 5. The van der Waals surface area contributed by atoms with E-state index in [-0.39, 0.29) is 5.69 Å². The van der Waals surface area contributed by atoms with E-state index in [1.807, 2.05) is 14.0 Å². The molecule has 0 unspecified atom stereocenters. The summed E-state index contributed by atoms with van der Waals surface area (Å²) in [5.74, 6) is 0.350. The number of hydrogen-bond donors (Lipinski definition) is 1. The van der Waals surface area contributed by atoms with E-state index < -0.39 is 4.92 Å². The second-order valence-electron chi connectivity index (χ2n) is 4.68. The van der Waals surface area contributed by atoms with Gasteiger partial charge in [0.2, 0.25) is 0 Å². The molecule has 1 N–H and O–H groups in total. The van der Waals surface area contributed by atoms with Crippen molar-refractivity contribution in [2.75, 3.05) is 31.6 Å². The molecule has 0 aliphatic carbocycles. The summed E-state index contributed by atoms with van der Waals surface area (Å²) in [6.07, 6.45) is 0.823. The largest absolute Gasteiger partial charge is 0.487 e. The second-order valence-corrected chi connectivity index (χ2v) is 4.68. The summed E-state index contributed by atoms with van der Waals surface area (Å²) in [5, 5.41) is 14.2. The van der Waals surface area contributed by atoms with Crippen molar-refractivity contribution in [1.82, 2.24) is 5.32 Å². The van der Waals surface area contributed by atoms with E-state index in [0.717, 1.165) is 25.2 Å². The Morgan fingerprint density at radius 3 is 2.79 bits per heavy atom. The van der Waals surface area contributed by atoms with E-state index in [1.54, 1.807) is 12.1 Å². The Bertz CT molecular complexity index is 460. The van der Waals surface area contributed by atoms with Crippen LogP contribution < -0.4 is 15.0 Å². The number of likely N-dealkylation sites (N-methyl/N-ethyl adjacent to an activating group) is 1. The minimum absolute atomic E-state index is 0.0253. The minimum Gasteiger partial charge on any atom is -0.487 e. The van der Waals surface area contributed by atoms with Crippen LogP contribution in [0.2, 0.25) is 0 Å². The molecule has 2 rings (SSSR count). The first-order chi connectivity index (χ1) is 9.13. The van der Waals surface area contributed by atoms with Crippen LogP contribution in [-0.4, -0.2) is 37.7 Å². The maximum Gasteiger partial charge on any atom is 0.311 e. The summed E-state index contributed by atoms with van der Waals surface area (Å²) >= 11 is 0. The molecule has 0 bridgehead atoms. The summed E-state index contributed by atoms with van der Waals surface area (Å²) in [6, 6.07) is 5.49. The van der Waals surface area contributed by atoms with Gasteiger partial charge >= 0.3 is 5.69 Å². The third kappa shape index (κ3) is 2.96. The molecular weight excluding hydrogens is 246 g/mol. The lowest BCUT2D eigenvalue weighted by Gasteiger charge is -2.37. The molecular formula is C13H19N3O3. The zero-order chi connectivity index (χ0) is 13.8. The van der Waals surface area contributed by atoms with Crippen LogP contribution in [0.25, 0.3) is 0 Å². The van der Waals surface area contributed by atoms with E-state index in [2.05, 4.69) is 10.2 Å². The Morgan fingerprint density at radius 2 is 2.26 bits per heavy atom. The number of benzene rings is 1. The monoisotopic (exact) mass is 265 g/mol. The van der Waals surface area contributed by atoms with Crippen LogP contribution in [-0.2, 0) is 0 Å². The summed E-state index contributed by atoms with van der Waals surface area (Å²) in [7, 11) is 2.00. The number of nitrogens with one attached hydrogen (secondary N) is 1. The fourth-order valence-corrected chi connectivity index (χ4v) is 1.96. The average Bonchev–Trinajstić information content (AvgIpc) is 2.33. The van der Waals surface area contributed by atoms with Crippen molar-refractivity contribution < 1.29 is 9.66 Å². The predicted molar refractivity (Wildman–Crippen MR) is 73.9 cm³/mol. The van der Waals surface area contributed by atoms with Crippen LogP contribution in [0.4, 0.5) is 11.4 Å². The van der Waals surface area contributed by atoms with Crippen molar-refractivity contribution in [3.63, 3.8) is 0 Å². The van der Waals surface area contributed by atoms with E-state index in [0.29, 0.717) is 18.4 Å². The highest BCUT2D eigenvalue weighted by molar-refractivity contribution is 5.59. The zero-order valence-corrected chi connectivity index (χ0v) is 11.3. The van der Waals surface area contributed by atoms with Crippen molar-refractivity contribution in [2.45, 2.75) is 19.4 Å². The van der Waals surface area contributed by atoms with Gasteiger partial charge in [-0.3, -0.25) is 10.1 Å². The van der Waals surface area contributed by atoms with Crippen molar-refractivity contribution in [3.8, 4) is 5.75 Å². The molecule has 1 fully saturated rings. The maximum atomic E-state index is 11.0. The Balaban J connectivity index is 2.23. The molecule has 1 heterocycles. The van der Waals surface area contributed by atoms with Gasteiger partial charge in [-0.25, -0.2) is 0 Å². The van der Waals surface area contributed by atoms with Crippen molar-refractivity contribution >= 4 is 11.4 Å². The molecule has 0 amide bonds. The third-order valence-electron chi connectivity index (χ3n) is 3.32. The van der Waals surface area contributed by atoms with Crippen molar-refractivity contribution in [2.24, 2.45) is 0 Å². The zero-order valence-electron chi connectivity index (χ0n) is 11.3. The van der Waals surface area contributed by atoms with Gasteiger partial charge in [-0.2, -0.15) is 0 Å². The maximum absolute atomic E-state index is 11.0. The standard InChI is InChI=1S/C13H19N3O3/c1-3-6-19-13-7-10(4-5-12(13)16(17)18)15(2)11-8-14-9-11/h4-5,7,11,14H,3,6,8-9H2,1-2H3. The quantitative estimate of drug-likeness (QED) is 0.627. The first-order valence-electron chi connectivity index (χ1n) is 6.48. The SMILES string of the molecule is CCCOc1cc(N(C)C2CNC2)ccc1[N+](=O)[O-]. The van der Waals surface area contributed by atoms with Gasteiger partial charge < -0.3 is 15.0 Å². The van der Waals surface area contributed by atoms with Crippen molar-refractivity contribution in [1.29, 1.82) is 0 Å². The molecule has 0 spiro atoms. The summed E-state index contributed by atoms with van der Waals surface area (Å²) in [6.45, 7) is 4.35. The molecule has 19 heavy (non-hydrogen) atoms. The Hall–Kier alpha value is -1.82. The highest BCUT2D eigenvalue weighted by Gasteiger charge is 2.24. The van der Waals surface area contributed by atoms with Gasteiger partial charge in [-0.1, -0.05) is 6.92 Å². The fourth-order valence-electron chi connectivity index (χ4n) is 1.96. The summed E-state index contributed by atoms with van der Waals surface area (Å²) in [4.78, 5) is 12.7. The molecule has 1 aromatic carbocycles. The number of rotatable bonds is 6.